The summed E-state index contributed by atoms with van der Waals surface area (Å²) in [5.41, 5.74) is 5.90. The highest BCUT2D eigenvalue weighted by Crippen LogP contribution is 2.22. The zero-order chi connectivity index (χ0) is 22.6. The van der Waals surface area contributed by atoms with Crippen LogP contribution in [0.2, 0.25) is 0 Å². The quantitative estimate of drug-likeness (QED) is 0.623. The van der Waals surface area contributed by atoms with Crippen LogP contribution in [0.4, 0.5) is 5.69 Å². The SMILES string of the molecule is CC(OC(=O)c1cccc(S(=O)(=O)N2CCCC2)c1)C(=O)Nc1ccc(C(N)=O)cc1. The number of amides is 2. The van der Waals surface area contributed by atoms with Crippen molar-refractivity contribution < 1.29 is 27.5 Å². The minimum Gasteiger partial charge on any atom is -0.449 e. The van der Waals surface area contributed by atoms with Crippen LogP contribution in [0, 0.1) is 0 Å². The smallest absolute Gasteiger partial charge is 0.338 e. The fraction of sp³-hybridized carbons (Fsp3) is 0.286. The molecule has 1 unspecified atom stereocenters. The van der Waals surface area contributed by atoms with E-state index >= 15 is 0 Å². The molecule has 31 heavy (non-hydrogen) atoms. The minimum atomic E-state index is -3.68. The maximum atomic E-state index is 12.7. The second kappa shape index (κ2) is 9.27. The number of carbonyl (C=O) groups excluding carboxylic acids is 3. The van der Waals surface area contributed by atoms with Crippen LogP contribution in [0.25, 0.3) is 0 Å². The van der Waals surface area contributed by atoms with Crippen molar-refractivity contribution in [3.05, 3.63) is 59.7 Å². The number of nitrogens with zero attached hydrogens (tertiary/aromatic N) is 1. The number of rotatable bonds is 7. The number of carbonyl (C=O) groups is 3. The summed E-state index contributed by atoms with van der Waals surface area (Å²) >= 11 is 0. The van der Waals surface area contributed by atoms with Gasteiger partial charge in [0.05, 0.1) is 10.5 Å². The molecule has 0 aromatic heterocycles. The second-order valence-corrected chi connectivity index (χ2v) is 9.06. The third-order valence-electron chi connectivity index (χ3n) is 4.86. The van der Waals surface area contributed by atoms with Gasteiger partial charge < -0.3 is 15.8 Å². The van der Waals surface area contributed by atoms with Crippen LogP contribution in [0.1, 0.15) is 40.5 Å². The molecule has 3 N–H and O–H groups in total. The Bertz CT molecular complexity index is 1090. The fourth-order valence-corrected chi connectivity index (χ4v) is 4.67. The molecule has 0 saturated carbocycles. The van der Waals surface area contributed by atoms with Crippen LogP contribution in [-0.2, 0) is 19.6 Å². The number of nitrogens with two attached hydrogens (primary N) is 1. The lowest BCUT2D eigenvalue weighted by atomic mass is 10.2. The Morgan fingerprint density at radius 3 is 2.29 bits per heavy atom. The molecule has 1 aliphatic rings. The van der Waals surface area contributed by atoms with Crippen LogP contribution in [0.15, 0.2) is 53.4 Å². The van der Waals surface area contributed by atoms with Gasteiger partial charge in [0.15, 0.2) is 6.10 Å². The van der Waals surface area contributed by atoms with Crippen molar-refractivity contribution in [2.75, 3.05) is 18.4 Å². The average Bonchev–Trinajstić information content (AvgIpc) is 3.30. The molecule has 0 bridgehead atoms. The molecule has 3 rings (SSSR count). The molecule has 2 aromatic carbocycles. The molecule has 0 spiro atoms. The molecule has 1 atom stereocenters. The summed E-state index contributed by atoms with van der Waals surface area (Å²) in [5, 5.41) is 2.57. The molecule has 164 valence electrons. The number of primary amides is 1. The summed E-state index contributed by atoms with van der Waals surface area (Å²) in [7, 11) is -3.68. The fourth-order valence-electron chi connectivity index (χ4n) is 3.10. The van der Waals surface area contributed by atoms with Gasteiger partial charge in [-0.25, -0.2) is 13.2 Å². The topological polar surface area (TPSA) is 136 Å². The lowest BCUT2D eigenvalue weighted by Crippen LogP contribution is -2.30. The van der Waals surface area contributed by atoms with E-state index in [-0.39, 0.29) is 10.5 Å². The van der Waals surface area contributed by atoms with Gasteiger partial charge in [-0.05, 0) is 62.2 Å². The Hall–Kier alpha value is -3.24. The lowest BCUT2D eigenvalue weighted by molar-refractivity contribution is -0.123. The van der Waals surface area contributed by atoms with Gasteiger partial charge in [-0.15, -0.1) is 0 Å². The van der Waals surface area contributed by atoms with Crippen LogP contribution in [0.5, 0.6) is 0 Å². The molecular formula is C21H23N3O6S. The van der Waals surface area contributed by atoms with E-state index in [1.165, 1.54) is 59.8 Å². The molecule has 2 aromatic rings. The number of benzene rings is 2. The number of ether oxygens (including phenoxy) is 1. The molecule has 10 heteroatoms. The number of anilines is 1. The standard InChI is InChI=1S/C21H23N3O6S/c1-14(20(26)23-17-9-7-15(8-10-17)19(22)25)30-21(27)16-5-4-6-18(13-16)31(28,29)24-11-2-3-12-24/h4-10,13-14H,2-3,11-12H2,1H3,(H2,22,25)(H,23,26). The minimum absolute atomic E-state index is 0.00972. The van der Waals surface area contributed by atoms with Gasteiger partial charge in [0.25, 0.3) is 5.91 Å². The summed E-state index contributed by atoms with van der Waals surface area (Å²) in [5.74, 6) is -1.99. The summed E-state index contributed by atoms with van der Waals surface area (Å²) in [4.78, 5) is 35.9. The van der Waals surface area contributed by atoms with Crippen molar-refractivity contribution in [2.24, 2.45) is 5.73 Å². The van der Waals surface area contributed by atoms with Crippen molar-refractivity contribution in [3.8, 4) is 0 Å². The van der Waals surface area contributed by atoms with Crippen LogP contribution < -0.4 is 11.1 Å². The van der Waals surface area contributed by atoms with E-state index in [0.29, 0.717) is 24.3 Å². The molecule has 1 saturated heterocycles. The lowest BCUT2D eigenvalue weighted by Gasteiger charge is -2.16. The maximum Gasteiger partial charge on any atom is 0.338 e. The van der Waals surface area contributed by atoms with E-state index in [4.69, 9.17) is 10.5 Å². The van der Waals surface area contributed by atoms with Crippen molar-refractivity contribution in [2.45, 2.75) is 30.8 Å². The highest BCUT2D eigenvalue weighted by molar-refractivity contribution is 7.89. The summed E-state index contributed by atoms with van der Waals surface area (Å²) in [6, 6.07) is 11.5. The van der Waals surface area contributed by atoms with E-state index in [1.54, 1.807) is 0 Å². The van der Waals surface area contributed by atoms with Crippen LogP contribution in [0.3, 0.4) is 0 Å². The number of hydrogen-bond donors (Lipinski definition) is 2. The Morgan fingerprint density at radius 2 is 1.68 bits per heavy atom. The third-order valence-corrected chi connectivity index (χ3v) is 6.76. The molecule has 2 amide bonds. The van der Waals surface area contributed by atoms with Gasteiger partial charge in [-0.3, -0.25) is 9.59 Å². The normalized spacial score (nSPS) is 15.3. The summed E-state index contributed by atoms with van der Waals surface area (Å²) in [6.45, 7) is 2.30. The van der Waals surface area contributed by atoms with E-state index in [9.17, 15) is 22.8 Å². The molecule has 0 radical (unpaired) electrons. The second-order valence-electron chi connectivity index (χ2n) is 7.12. The third kappa shape index (κ3) is 5.28. The predicted octanol–water partition coefficient (Wildman–Crippen LogP) is 1.75. The Labute approximate surface area is 180 Å². The van der Waals surface area contributed by atoms with Gasteiger partial charge >= 0.3 is 5.97 Å². The van der Waals surface area contributed by atoms with E-state index in [0.717, 1.165) is 12.8 Å². The van der Waals surface area contributed by atoms with Crippen molar-refractivity contribution >= 4 is 33.5 Å². The first-order valence-corrected chi connectivity index (χ1v) is 11.1. The molecular weight excluding hydrogens is 422 g/mol. The molecule has 1 fully saturated rings. The van der Waals surface area contributed by atoms with Gasteiger partial charge in [0.2, 0.25) is 15.9 Å². The Balaban J connectivity index is 1.65. The first-order valence-electron chi connectivity index (χ1n) is 9.70. The van der Waals surface area contributed by atoms with E-state index in [1.807, 2.05) is 0 Å². The van der Waals surface area contributed by atoms with Crippen LogP contribution >= 0.6 is 0 Å². The van der Waals surface area contributed by atoms with Crippen molar-refractivity contribution in [1.29, 1.82) is 0 Å². The van der Waals surface area contributed by atoms with E-state index in [2.05, 4.69) is 5.32 Å². The average molecular weight is 445 g/mol. The van der Waals surface area contributed by atoms with Crippen LogP contribution in [-0.4, -0.2) is 49.7 Å². The highest BCUT2D eigenvalue weighted by Gasteiger charge is 2.28. The molecule has 9 nitrogen and oxygen atoms in total. The molecule has 0 aliphatic carbocycles. The van der Waals surface area contributed by atoms with Gasteiger partial charge in [0, 0.05) is 24.3 Å². The van der Waals surface area contributed by atoms with E-state index < -0.39 is 33.9 Å². The van der Waals surface area contributed by atoms with Crippen molar-refractivity contribution in [1.82, 2.24) is 4.31 Å². The first-order chi connectivity index (χ1) is 14.7. The first kappa shape index (κ1) is 22.4. The summed E-state index contributed by atoms with van der Waals surface area (Å²) < 4.78 is 32.0. The number of hydrogen-bond acceptors (Lipinski definition) is 6. The summed E-state index contributed by atoms with van der Waals surface area (Å²) in [6.07, 6.45) is 0.472. The molecule has 1 aliphatic heterocycles. The number of sulfonamides is 1. The monoisotopic (exact) mass is 445 g/mol. The highest BCUT2D eigenvalue weighted by atomic mass is 32.2. The van der Waals surface area contributed by atoms with Gasteiger partial charge in [-0.1, -0.05) is 6.07 Å². The Morgan fingerprint density at radius 1 is 1.03 bits per heavy atom. The van der Waals surface area contributed by atoms with Gasteiger partial charge in [-0.2, -0.15) is 4.31 Å². The molecule has 1 heterocycles. The predicted molar refractivity (Wildman–Crippen MR) is 113 cm³/mol. The Kier molecular flexibility index (Phi) is 6.71. The van der Waals surface area contributed by atoms with Gasteiger partial charge in [0.1, 0.15) is 0 Å². The number of esters is 1. The zero-order valence-electron chi connectivity index (χ0n) is 16.9. The van der Waals surface area contributed by atoms with Crippen molar-refractivity contribution in [3.63, 3.8) is 0 Å². The number of nitrogens with one attached hydrogen (secondary N) is 1. The zero-order valence-corrected chi connectivity index (χ0v) is 17.7. The largest absolute Gasteiger partial charge is 0.449 e. The maximum absolute atomic E-state index is 12.7.